The number of rotatable bonds is 7. The SMILES string of the molecule is CC(O)CC(C)NCC(c1ccccc1)C(C)C. The Kier molecular flexibility index (Phi) is 6.37. The van der Waals surface area contributed by atoms with Gasteiger partial charge < -0.3 is 10.4 Å². The highest BCUT2D eigenvalue weighted by molar-refractivity contribution is 5.20. The van der Waals surface area contributed by atoms with Crippen LogP contribution in [-0.2, 0) is 0 Å². The molecule has 0 aliphatic rings. The van der Waals surface area contributed by atoms with E-state index in [0.29, 0.717) is 17.9 Å². The normalized spacial score (nSPS) is 16.6. The molecule has 0 spiro atoms. The van der Waals surface area contributed by atoms with E-state index in [1.165, 1.54) is 5.56 Å². The van der Waals surface area contributed by atoms with E-state index in [1.807, 2.05) is 6.92 Å². The van der Waals surface area contributed by atoms with Crippen molar-refractivity contribution >= 4 is 0 Å². The lowest BCUT2D eigenvalue weighted by atomic mass is 9.88. The third-order valence-electron chi connectivity index (χ3n) is 3.41. The van der Waals surface area contributed by atoms with Gasteiger partial charge >= 0.3 is 0 Å². The van der Waals surface area contributed by atoms with E-state index in [9.17, 15) is 5.11 Å². The van der Waals surface area contributed by atoms with Crippen LogP contribution in [0.5, 0.6) is 0 Å². The van der Waals surface area contributed by atoms with Crippen molar-refractivity contribution in [3.8, 4) is 0 Å². The van der Waals surface area contributed by atoms with E-state index in [2.05, 4.69) is 56.4 Å². The molecule has 3 unspecified atom stereocenters. The van der Waals surface area contributed by atoms with Crippen LogP contribution in [0.4, 0.5) is 0 Å². The standard InChI is InChI=1S/C16H27NO/c1-12(2)16(15-8-6-5-7-9-15)11-17-13(3)10-14(4)18/h5-9,12-14,16-18H,10-11H2,1-4H3. The monoisotopic (exact) mass is 249 g/mol. The maximum Gasteiger partial charge on any atom is 0.0526 e. The average Bonchev–Trinajstić information content (AvgIpc) is 2.29. The fraction of sp³-hybridized carbons (Fsp3) is 0.625. The zero-order valence-corrected chi connectivity index (χ0v) is 12.1. The van der Waals surface area contributed by atoms with Crippen LogP contribution in [0.15, 0.2) is 30.3 Å². The quantitative estimate of drug-likeness (QED) is 0.778. The van der Waals surface area contributed by atoms with Crippen LogP contribution in [-0.4, -0.2) is 23.8 Å². The van der Waals surface area contributed by atoms with Gasteiger partial charge in [-0.1, -0.05) is 44.2 Å². The molecule has 1 rings (SSSR count). The van der Waals surface area contributed by atoms with Gasteiger partial charge in [0.2, 0.25) is 0 Å². The van der Waals surface area contributed by atoms with Crippen molar-refractivity contribution in [2.24, 2.45) is 5.92 Å². The van der Waals surface area contributed by atoms with Gasteiger partial charge in [-0.3, -0.25) is 0 Å². The predicted octanol–water partition coefficient (Wildman–Crippen LogP) is 3.18. The summed E-state index contributed by atoms with van der Waals surface area (Å²) in [5.74, 6) is 1.14. The highest BCUT2D eigenvalue weighted by Crippen LogP contribution is 2.23. The lowest BCUT2D eigenvalue weighted by Crippen LogP contribution is -2.34. The largest absolute Gasteiger partial charge is 0.393 e. The minimum atomic E-state index is -0.235. The van der Waals surface area contributed by atoms with E-state index in [4.69, 9.17) is 0 Å². The van der Waals surface area contributed by atoms with Gasteiger partial charge in [0.05, 0.1) is 6.10 Å². The number of aliphatic hydroxyl groups is 1. The summed E-state index contributed by atoms with van der Waals surface area (Å²) in [5, 5.41) is 12.9. The molecule has 0 saturated heterocycles. The summed E-state index contributed by atoms with van der Waals surface area (Å²) in [6.07, 6.45) is 0.571. The van der Waals surface area contributed by atoms with Gasteiger partial charge in [0.25, 0.3) is 0 Å². The molecule has 2 heteroatoms. The molecule has 0 aliphatic heterocycles. The van der Waals surface area contributed by atoms with E-state index in [-0.39, 0.29) is 6.10 Å². The second-order valence-corrected chi connectivity index (χ2v) is 5.66. The minimum Gasteiger partial charge on any atom is -0.393 e. The summed E-state index contributed by atoms with van der Waals surface area (Å²) in [7, 11) is 0. The average molecular weight is 249 g/mol. The van der Waals surface area contributed by atoms with Gasteiger partial charge in [0, 0.05) is 12.6 Å². The molecule has 0 radical (unpaired) electrons. The maximum absolute atomic E-state index is 9.37. The molecule has 3 atom stereocenters. The number of benzene rings is 1. The Hall–Kier alpha value is -0.860. The summed E-state index contributed by atoms with van der Waals surface area (Å²) in [4.78, 5) is 0. The molecule has 2 nitrogen and oxygen atoms in total. The van der Waals surface area contributed by atoms with Crippen molar-refractivity contribution in [1.82, 2.24) is 5.32 Å². The highest BCUT2D eigenvalue weighted by atomic mass is 16.3. The van der Waals surface area contributed by atoms with Crippen LogP contribution < -0.4 is 5.32 Å². The molecule has 1 aromatic rings. The molecule has 0 aromatic heterocycles. The lowest BCUT2D eigenvalue weighted by molar-refractivity contribution is 0.170. The molecule has 0 saturated carbocycles. The van der Waals surface area contributed by atoms with Crippen LogP contribution in [0, 0.1) is 5.92 Å². The predicted molar refractivity (Wildman–Crippen MR) is 77.8 cm³/mol. The van der Waals surface area contributed by atoms with Crippen molar-refractivity contribution < 1.29 is 5.11 Å². The number of aliphatic hydroxyl groups excluding tert-OH is 1. The van der Waals surface area contributed by atoms with E-state index < -0.39 is 0 Å². The van der Waals surface area contributed by atoms with Crippen LogP contribution in [0.25, 0.3) is 0 Å². The summed E-state index contributed by atoms with van der Waals surface area (Å²) in [5.41, 5.74) is 1.39. The fourth-order valence-electron chi connectivity index (χ4n) is 2.36. The molecule has 1 aromatic carbocycles. The number of hydrogen-bond acceptors (Lipinski definition) is 2. The molecule has 0 amide bonds. The minimum absolute atomic E-state index is 0.235. The Morgan fingerprint density at radius 2 is 1.67 bits per heavy atom. The summed E-state index contributed by atoms with van der Waals surface area (Å²) in [6.45, 7) is 9.47. The third kappa shape index (κ3) is 5.19. The Bertz CT molecular complexity index is 321. The Labute approximate surface area is 111 Å². The van der Waals surface area contributed by atoms with Crippen molar-refractivity contribution in [3.63, 3.8) is 0 Å². The topological polar surface area (TPSA) is 32.3 Å². The first-order valence-electron chi connectivity index (χ1n) is 6.97. The lowest BCUT2D eigenvalue weighted by Gasteiger charge is -2.24. The van der Waals surface area contributed by atoms with Gasteiger partial charge in [0.15, 0.2) is 0 Å². The Morgan fingerprint density at radius 3 is 2.17 bits per heavy atom. The second-order valence-electron chi connectivity index (χ2n) is 5.66. The Morgan fingerprint density at radius 1 is 1.06 bits per heavy atom. The fourth-order valence-corrected chi connectivity index (χ4v) is 2.36. The van der Waals surface area contributed by atoms with Crippen LogP contribution in [0.1, 0.15) is 45.6 Å². The molecular formula is C16H27NO. The van der Waals surface area contributed by atoms with E-state index in [1.54, 1.807) is 0 Å². The summed E-state index contributed by atoms with van der Waals surface area (Å²) < 4.78 is 0. The van der Waals surface area contributed by atoms with E-state index >= 15 is 0 Å². The van der Waals surface area contributed by atoms with Crippen molar-refractivity contribution in [1.29, 1.82) is 0 Å². The molecule has 2 N–H and O–H groups in total. The molecule has 0 fully saturated rings. The van der Waals surface area contributed by atoms with Gasteiger partial charge in [0.1, 0.15) is 0 Å². The molecule has 0 aliphatic carbocycles. The number of nitrogens with one attached hydrogen (secondary N) is 1. The summed E-state index contributed by atoms with van der Waals surface area (Å²) in [6, 6.07) is 11.0. The third-order valence-corrected chi connectivity index (χ3v) is 3.41. The number of hydrogen-bond donors (Lipinski definition) is 2. The molecule has 0 bridgehead atoms. The van der Waals surface area contributed by atoms with Gasteiger partial charge in [-0.15, -0.1) is 0 Å². The maximum atomic E-state index is 9.37. The van der Waals surface area contributed by atoms with Gasteiger partial charge in [-0.2, -0.15) is 0 Å². The van der Waals surface area contributed by atoms with Crippen LogP contribution >= 0.6 is 0 Å². The van der Waals surface area contributed by atoms with Crippen molar-refractivity contribution in [2.45, 2.75) is 52.2 Å². The molecule has 18 heavy (non-hydrogen) atoms. The summed E-state index contributed by atoms with van der Waals surface area (Å²) >= 11 is 0. The zero-order chi connectivity index (χ0) is 13.5. The molecular weight excluding hydrogens is 222 g/mol. The van der Waals surface area contributed by atoms with Crippen molar-refractivity contribution in [3.05, 3.63) is 35.9 Å². The van der Waals surface area contributed by atoms with Gasteiger partial charge in [-0.05, 0) is 37.7 Å². The first kappa shape index (κ1) is 15.2. The smallest absolute Gasteiger partial charge is 0.0526 e. The Balaban J connectivity index is 2.55. The van der Waals surface area contributed by atoms with Crippen LogP contribution in [0.3, 0.4) is 0 Å². The van der Waals surface area contributed by atoms with Crippen molar-refractivity contribution in [2.75, 3.05) is 6.54 Å². The molecule has 102 valence electrons. The van der Waals surface area contributed by atoms with E-state index in [0.717, 1.165) is 13.0 Å². The first-order valence-corrected chi connectivity index (χ1v) is 6.97. The zero-order valence-electron chi connectivity index (χ0n) is 12.1. The van der Waals surface area contributed by atoms with Gasteiger partial charge in [-0.25, -0.2) is 0 Å². The van der Waals surface area contributed by atoms with Crippen LogP contribution in [0.2, 0.25) is 0 Å². The second kappa shape index (κ2) is 7.55. The molecule has 0 heterocycles. The first-order chi connectivity index (χ1) is 8.50. The highest BCUT2D eigenvalue weighted by Gasteiger charge is 2.16.